The van der Waals surface area contributed by atoms with E-state index in [9.17, 15) is 14.7 Å². The molecule has 1 aromatic rings. The smallest absolute Gasteiger partial charge is 0.407 e. The molecule has 122 valence electrons. The number of nitrogens with one attached hydrogen (secondary N) is 1. The van der Waals surface area contributed by atoms with Crippen LogP contribution in [0.1, 0.15) is 26.5 Å². The van der Waals surface area contributed by atoms with Crippen LogP contribution >= 0.6 is 0 Å². The number of hydrogen-bond donors (Lipinski definition) is 3. The number of carbonyl (C=O) groups is 2. The molecule has 1 aromatic heterocycles. The third-order valence-electron chi connectivity index (χ3n) is 3.67. The van der Waals surface area contributed by atoms with E-state index in [1.54, 1.807) is 10.9 Å². The maximum absolute atomic E-state index is 11.3. The predicted octanol–water partition coefficient (Wildman–Crippen LogP) is -0.575. The molecule has 0 bridgehead atoms. The van der Waals surface area contributed by atoms with E-state index in [1.807, 2.05) is 20.8 Å². The van der Waals surface area contributed by atoms with E-state index in [2.05, 4.69) is 15.6 Å². The maximum atomic E-state index is 11.3. The third kappa shape index (κ3) is 3.53. The predicted molar refractivity (Wildman–Crippen MR) is 78.1 cm³/mol. The molecule has 2 heterocycles. The van der Waals surface area contributed by atoms with E-state index >= 15 is 0 Å². The molecular formula is C13H22N6O3. The summed E-state index contributed by atoms with van der Waals surface area (Å²) in [6.45, 7) is 6.26. The van der Waals surface area contributed by atoms with Gasteiger partial charge in [0.25, 0.3) is 0 Å². The monoisotopic (exact) mass is 310 g/mol. The Hall–Kier alpha value is -2.16. The van der Waals surface area contributed by atoms with Crippen molar-refractivity contribution in [1.82, 2.24) is 25.2 Å². The lowest BCUT2D eigenvalue weighted by molar-refractivity contribution is -0.130. The minimum absolute atomic E-state index is 0.109. The van der Waals surface area contributed by atoms with Crippen molar-refractivity contribution in [2.45, 2.75) is 51.4 Å². The summed E-state index contributed by atoms with van der Waals surface area (Å²) in [6, 6.07) is -0.601. The van der Waals surface area contributed by atoms with Crippen LogP contribution in [0, 0.1) is 0 Å². The summed E-state index contributed by atoms with van der Waals surface area (Å²) in [4.78, 5) is 23.6. The molecule has 0 unspecified atom stereocenters. The Bertz CT molecular complexity index is 564. The second-order valence-corrected chi connectivity index (χ2v) is 6.42. The summed E-state index contributed by atoms with van der Waals surface area (Å²) < 4.78 is 1.60. The van der Waals surface area contributed by atoms with Crippen LogP contribution in [0.25, 0.3) is 0 Å². The molecule has 1 fully saturated rings. The Labute approximate surface area is 128 Å². The lowest BCUT2D eigenvalue weighted by atomic mass is 9.96. The number of hydrogen-bond acceptors (Lipinski definition) is 5. The number of β-lactam (4-membered cyclic amide) rings is 1. The van der Waals surface area contributed by atoms with Gasteiger partial charge in [-0.25, -0.2) is 4.79 Å². The van der Waals surface area contributed by atoms with E-state index in [0.29, 0.717) is 19.5 Å². The quantitative estimate of drug-likeness (QED) is 0.625. The number of rotatable bonds is 5. The van der Waals surface area contributed by atoms with Crippen LogP contribution in [-0.2, 0) is 17.8 Å². The minimum Gasteiger partial charge on any atom is -0.465 e. The molecule has 1 aliphatic heterocycles. The van der Waals surface area contributed by atoms with E-state index in [-0.39, 0.29) is 11.9 Å². The molecule has 0 aromatic carbocycles. The molecule has 0 saturated carbocycles. The molecule has 9 heteroatoms. The van der Waals surface area contributed by atoms with Gasteiger partial charge in [-0.1, -0.05) is 5.21 Å². The van der Waals surface area contributed by atoms with Crippen molar-refractivity contribution in [3.05, 3.63) is 11.9 Å². The van der Waals surface area contributed by atoms with E-state index in [0.717, 1.165) is 5.69 Å². The van der Waals surface area contributed by atoms with E-state index in [4.69, 9.17) is 5.73 Å². The zero-order valence-electron chi connectivity index (χ0n) is 13.0. The van der Waals surface area contributed by atoms with E-state index in [1.165, 1.54) is 4.90 Å². The zero-order valence-corrected chi connectivity index (χ0v) is 13.0. The second kappa shape index (κ2) is 5.91. The van der Waals surface area contributed by atoms with E-state index < -0.39 is 17.7 Å². The van der Waals surface area contributed by atoms with Crippen molar-refractivity contribution in [3.8, 4) is 0 Å². The summed E-state index contributed by atoms with van der Waals surface area (Å²) in [5, 5.41) is 19.9. The molecule has 9 nitrogen and oxygen atoms in total. The Morgan fingerprint density at radius 3 is 2.73 bits per heavy atom. The third-order valence-corrected chi connectivity index (χ3v) is 3.67. The second-order valence-electron chi connectivity index (χ2n) is 6.42. The standard InChI is InChI=1S/C13H22N6O3/c1-13(2,3)19(12(21)22)5-4-18-7-8(16-17-18)6-9-10(14)11(20)15-9/h7,9-10H,4-6,14H2,1-3H3,(H,15,20)(H,21,22)/t9-,10+/m1/s1. The molecule has 2 amide bonds. The molecule has 2 atom stereocenters. The van der Waals surface area contributed by atoms with Crippen molar-refractivity contribution in [3.63, 3.8) is 0 Å². The number of amides is 2. The fraction of sp³-hybridized carbons (Fsp3) is 0.692. The summed E-state index contributed by atoms with van der Waals surface area (Å²) in [6.07, 6.45) is 1.31. The minimum atomic E-state index is -0.962. The number of nitrogens with two attached hydrogens (primary N) is 1. The molecule has 22 heavy (non-hydrogen) atoms. The summed E-state index contributed by atoms with van der Waals surface area (Å²) in [5.74, 6) is -0.153. The molecule has 1 aliphatic rings. The maximum Gasteiger partial charge on any atom is 0.407 e. The van der Waals surface area contributed by atoms with Gasteiger partial charge in [0, 0.05) is 24.7 Å². The van der Waals surface area contributed by atoms with Gasteiger partial charge in [0.15, 0.2) is 0 Å². The van der Waals surface area contributed by atoms with Gasteiger partial charge in [-0.05, 0) is 20.8 Å². The summed E-state index contributed by atoms with van der Waals surface area (Å²) in [7, 11) is 0. The first kappa shape index (κ1) is 16.2. The first-order valence-electron chi connectivity index (χ1n) is 7.14. The molecule has 0 radical (unpaired) electrons. The van der Waals surface area contributed by atoms with Gasteiger partial charge in [0.1, 0.15) is 6.04 Å². The van der Waals surface area contributed by atoms with Gasteiger partial charge < -0.3 is 21.1 Å². The van der Waals surface area contributed by atoms with Gasteiger partial charge in [-0.2, -0.15) is 0 Å². The first-order valence-corrected chi connectivity index (χ1v) is 7.14. The van der Waals surface area contributed by atoms with Crippen molar-refractivity contribution in [2.24, 2.45) is 5.73 Å². The van der Waals surface area contributed by atoms with Crippen LogP contribution in [0.15, 0.2) is 6.20 Å². The van der Waals surface area contributed by atoms with Gasteiger partial charge in [0.2, 0.25) is 5.91 Å². The fourth-order valence-corrected chi connectivity index (χ4v) is 2.32. The van der Waals surface area contributed by atoms with Gasteiger partial charge in [0.05, 0.1) is 18.3 Å². The topological polar surface area (TPSA) is 126 Å². The fourth-order valence-electron chi connectivity index (χ4n) is 2.32. The molecule has 1 saturated heterocycles. The Morgan fingerprint density at radius 1 is 1.55 bits per heavy atom. The van der Waals surface area contributed by atoms with Crippen LogP contribution in [0.2, 0.25) is 0 Å². The van der Waals surface area contributed by atoms with Crippen molar-refractivity contribution in [2.75, 3.05) is 6.54 Å². The number of aromatic nitrogens is 3. The Balaban J connectivity index is 1.89. The van der Waals surface area contributed by atoms with Gasteiger partial charge in [-0.3, -0.25) is 9.48 Å². The van der Waals surface area contributed by atoms with Gasteiger partial charge >= 0.3 is 6.09 Å². The van der Waals surface area contributed by atoms with Crippen molar-refractivity contribution in [1.29, 1.82) is 0 Å². The summed E-state index contributed by atoms with van der Waals surface area (Å²) >= 11 is 0. The number of carboxylic acid groups (broad SMARTS) is 1. The average molecular weight is 310 g/mol. The van der Waals surface area contributed by atoms with Crippen molar-refractivity contribution < 1.29 is 14.7 Å². The highest BCUT2D eigenvalue weighted by molar-refractivity contribution is 5.89. The highest BCUT2D eigenvalue weighted by atomic mass is 16.4. The number of nitrogens with zero attached hydrogens (tertiary/aromatic N) is 4. The van der Waals surface area contributed by atoms with Crippen LogP contribution in [-0.4, -0.2) is 61.2 Å². The largest absolute Gasteiger partial charge is 0.465 e. The SMILES string of the molecule is CC(C)(C)N(CCn1cc(C[C@H]2NC(=O)[C@H]2N)nn1)C(=O)O. The number of carbonyl (C=O) groups excluding carboxylic acids is 1. The highest BCUT2D eigenvalue weighted by Gasteiger charge is 2.36. The normalized spacial score (nSPS) is 21.2. The van der Waals surface area contributed by atoms with Crippen LogP contribution < -0.4 is 11.1 Å². The lowest BCUT2D eigenvalue weighted by Crippen LogP contribution is -2.67. The first-order chi connectivity index (χ1) is 10.2. The molecule has 2 rings (SSSR count). The molecule has 4 N–H and O–H groups in total. The average Bonchev–Trinajstić information content (AvgIpc) is 2.84. The molecule has 0 spiro atoms. The highest BCUT2D eigenvalue weighted by Crippen LogP contribution is 2.13. The van der Waals surface area contributed by atoms with Crippen LogP contribution in [0.5, 0.6) is 0 Å². The van der Waals surface area contributed by atoms with Crippen LogP contribution in [0.3, 0.4) is 0 Å². The zero-order chi connectivity index (χ0) is 16.5. The summed E-state index contributed by atoms with van der Waals surface area (Å²) in [5.41, 5.74) is 5.91. The van der Waals surface area contributed by atoms with Crippen LogP contribution in [0.4, 0.5) is 4.79 Å². The molecular weight excluding hydrogens is 288 g/mol. The lowest BCUT2D eigenvalue weighted by Gasteiger charge is -2.33. The Morgan fingerprint density at radius 2 is 2.23 bits per heavy atom. The van der Waals surface area contributed by atoms with Gasteiger partial charge in [-0.15, -0.1) is 5.10 Å². The van der Waals surface area contributed by atoms with Crippen molar-refractivity contribution >= 4 is 12.0 Å². The Kier molecular flexibility index (Phi) is 4.36. The molecule has 0 aliphatic carbocycles.